The molecule has 0 amide bonds. The van der Waals surface area contributed by atoms with Crippen molar-refractivity contribution in [2.24, 2.45) is 4.99 Å². The van der Waals surface area contributed by atoms with Crippen LogP contribution in [0.15, 0.2) is 53.5 Å². The van der Waals surface area contributed by atoms with E-state index in [1.165, 1.54) is 30.2 Å². The van der Waals surface area contributed by atoms with E-state index >= 15 is 0 Å². The average molecular weight is 496 g/mol. The monoisotopic (exact) mass is 496 g/mol. The van der Waals surface area contributed by atoms with Crippen molar-refractivity contribution in [3.05, 3.63) is 65.5 Å². The first kappa shape index (κ1) is 22.5. The molecule has 6 heteroatoms. The smallest absolute Gasteiger partial charge is 0.191 e. The minimum absolute atomic E-state index is 0. The van der Waals surface area contributed by atoms with Gasteiger partial charge in [0.2, 0.25) is 0 Å². The zero-order chi connectivity index (χ0) is 19.1. The minimum atomic E-state index is -0.158. The number of aliphatic imine (C=N–C) groups is 1. The summed E-state index contributed by atoms with van der Waals surface area (Å²) in [7, 11) is 1.76. The first-order valence-corrected chi connectivity index (χ1v) is 9.73. The topological polar surface area (TPSA) is 39.7 Å². The number of guanidine groups is 1. The molecular weight excluding hydrogens is 466 g/mol. The first-order valence-electron chi connectivity index (χ1n) is 9.73. The van der Waals surface area contributed by atoms with Gasteiger partial charge in [-0.15, -0.1) is 24.0 Å². The highest BCUT2D eigenvalue weighted by Gasteiger charge is 2.14. The van der Waals surface area contributed by atoms with Crippen molar-refractivity contribution in [1.82, 2.24) is 10.6 Å². The summed E-state index contributed by atoms with van der Waals surface area (Å²) in [4.78, 5) is 6.74. The number of hydrogen-bond acceptors (Lipinski definition) is 2. The minimum Gasteiger partial charge on any atom is -0.372 e. The van der Waals surface area contributed by atoms with Gasteiger partial charge in [0.15, 0.2) is 5.96 Å². The standard InChI is InChI=1S/C22H29FN4.HI/c1-17(19-9-7-10-20(16-19)27-14-5-6-15-27)26-22(24-2)25-13-12-18-8-3-4-11-21(18)23;/h3-4,7-11,16-17H,5-6,12-15H2,1-2H3,(H2,24,25,26);1H. The maximum absolute atomic E-state index is 13.7. The number of anilines is 1. The van der Waals surface area contributed by atoms with Gasteiger partial charge < -0.3 is 15.5 Å². The van der Waals surface area contributed by atoms with Crippen LogP contribution < -0.4 is 15.5 Å². The summed E-state index contributed by atoms with van der Waals surface area (Å²) in [5, 5.41) is 6.71. The number of halogens is 2. The number of rotatable bonds is 6. The Morgan fingerprint density at radius 2 is 1.89 bits per heavy atom. The molecule has 2 N–H and O–H groups in total. The van der Waals surface area contributed by atoms with Gasteiger partial charge in [0.05, 0.1) is 6.04 Å². The normalized spacial score (nSPS) is 15.1. The summed E-state index contributed by atoms with van der Waals surface area (Å²) in [6.45, 7) is 5.04. The van der Waals surface area contributed by atoms with Gasteiger partial charge in [-0.05, 0) is 55.5 Å². The van der Waals surface area contributed by atoms with Crippen LogP contribution in [0.1, 0.15) is 36.9 Å². The molecule has 0 radical (unpaired) electrons. The van der Waals surface area contributed by atoms with E-state index in [0.717, 1.165) is 19.0 Å². The fourth-order valence-corrected chi connectivity index (χ4v) is 3.47. The highest BCUT2D eigenvalue weighted by atomic mass is 127. The fourth-order valence-electron chi connectivity index (χ4n) is 3.47. The summed E-state index contributed by atoms with van der Waals surface area (Å²) < 4.78 is 13.7. The maximum atomic E-state index is 13.7. The van der Waals surface area contributed by atoms with E-state index in [4.69, 9.17) is 0 Å². The van der Waals surface area contributed by atoms with E-state index in [2.05, 4.69) is 51.7 Å². The van der Waals surface area contributed by atoms with Crippen molar-refractivity contribution >= 4 is 35.6 Å². The van der Waals surface area contributed by atoms with Gasteiger partial charge in [-0.2, -0.15) is 0 Å². The molecule has 0 bridgehead atoms. The lowest BCUT2D eigenvalue weighted by atomic mass is 10.1. The van der Waals surface area contributed by atoms with Crippen LogP contribution in [0, 0.1) is 5.82 Å². The average Bonchev–Trinajstić information content (AvgIpc) is 3.23. The largest absolute Gasteiger partial charge is 0.372 e. The lowest BCUT2D eigenvalue weighted by Gasteiger charge is -2.22. The zero-order valence-electron chi connectivity index (χ0n) is 16.6. The summed E-state index contributed by atoms with van der Waals surface area (Å²) in [5.74, 6) is 0.569. The number of benzene rings is 2. The van der Waals surface area contributed by atoms with Crippen molar-refractivity contribution in [2.45, 2.75) is 32.2 Å². The number of hydrogen-bond donors (Lipinski definition) is 2. The third-order valence-electron chi connectivity index (χ3n) is 5.06. The fraction of sp³-hybridized carbons (Fsp3) is 0.409. The lowest BCUT2D eigenvalue weighted by Crippen LogP contribution is -2.39. The molecule has 0 saturated carbocycles. The Hall–Kier alpha value is -1.83. The molecule has 1 aliphatic heterocycles. The summed E-state index contributed by atoms with van der Waals surface area (Å²) in [6, 6.07) is 15.7. The number of nitrogens with zero attached hydrogens (tertiary/aromatic N) is 2. The van der Waals surface area contributed by atoms with Crippen LogP contribution in [0.5, 0.6) is 0 Å². The third kappa shape index (κ3) is 6.09. The van der Waals surface area contributed by atoms with E-state index in [-0.39, 0.29) is 35.8 Å². The summed E-state index contributed by atoms with van der Waals surface area (Å²) >= 11 is 0. The molecule has 152 valence electrons. The molecule has 1 unspecified atom stereocenters. The van der Waals surface area contributed by atoms with Crippen LogP contribution in [-0.4, -0.2) is 32.6 Å². The van der Waals surface area contributed by atoms with Gasteiger partial charge in [0.1, 0.15) is 5.82 Å². The van der Waals surface area contributed by atoms with Gasteiger partial charge in [0, 0.05) is 32.4 Å². The highest BCUT2D eigenvalue weighted by molar-refractivity contribution is 14.0. The molecule has 0 aromatic heterocycles. The Kier molecular flexibility index (Phi) is 9.02. The molecule has 1 fully saturated rings. The molecule has 1 aliphatic rings. The molecule has 0 spiro atoms. The van der Waals surface area contributed by atoms with Crippen molar-refractivity contribution in [3.63, 3.8) is 0 Å². The van der Waals surface area contributed by atoms with Crippen LogP contribution in [0.25, 0.3) is 0 Å². The summed E-state index contributed by atoms with van der Waals surface area (Å²) in [6.07, 6.45) is 3.17. The predicted octanol–water partition coefficient (Wildman–Crippen LogP) is 4.51. The predicted molar refractivity (Wildman–Crippen MR) is 126 cm³/mol. The Morgan fingerprint density at radius 3 is 2.61 bits per heavy atom. The molecule has 3 rings (SSSR count). The third-order valence-corrected chi connectivity index (χ3v) is 5.06. The van der Waals surface area contributed by atoms with E-state index in [9.17, 15) is 4.39 Å². The van der Waals surface area contributed by atoms with E-state index in [1.54, 1.807) is 13.1 Å². The van der Waals surface area contributed by atoms with Crippen LogP contribution in [0.3, 0.4) is 0 Å². The van der Waals surface area contributed by atoms with Gasteiger partial charge >= 0.3 is 0 Å². The molecule has 1 heterocycles. The molecule has 1 atom stereocenters. The van der Waals surface area contributed by atoms with Gasteiger partial charge in [-0.3, -0.25) is 4.99 Å². The van der Waals surface area contributed by atoms with Crippen LogP contribution in [0.2, 0.25) is 0 Å². The van der Waals surface area contributed by atoms with E-state index in [0.29, 0.717) is 18.5 Å². The first-order chi connectivity index (χ1) is 13.2. The molecule has 2 aromatic rings. The second kappa shape index (κ2) is 11.2. The van der Waals surface area contributed by atoms with E-state index in [1.807, 2.05) is 12.1 Å². The molecule has 1 saturated heterocycles. The van der Waals surface area contributed by atoms with Gasteiger partial charge in [0.25, 0.3) is 0 Å². The summed E-state index contributed by atoms with van der Waals surface area (Å²) in [5.41, 5.74) is 3.24. The van der Waals surface area contributed by atoms with Crippen LogP contribution in [-0.2, 0) is 6.42 Å². The molecule has 4 nitrogen and oxygen atoms in total. The van der Waals surface area contributed by atoms with Crippen molar-refractivity contribution in [2.75, 3.05) is 31.6 Å². The van der Waals surface area contributed by atoms with Gasteiger partial charge in [-0.25, -0.2) is 4.39 Å². The Labute approximate surface area is 184 Å². The van der Waals surface area contributed by atoms with Crippen LogP contribution >= 0.6 is 24.0 Å². The zero-order valence-corrected chi connectivity index (χ0v) is 18.9. The Morgan fingerprint density at radius 1 is 1.14 bits per heavy atom. The molecule has 2 aromatic carbocycles. The van der Waals surface area contributed by atoms with Gasteiger partial charge in [-0.1, -0.05) is 30.3 Å². The SMILES string of the molecule is CN=C(NCCc1ccccc1F)NC(C)c1cccc(N2CCCC2)c1.I. The Balaban J connectivity index is 0.00000280. The quantitative estimate of drug-likeness (QED) is 0.351. The van der Waals surface area contributed by atoms with E-state index < -0.39 is 0 Å². The molecule has 0 aliphatic carbocycles. The highest BCUT2D eigenvalue weighted by Crippen LogP contribution is 2.23. The van der Waals surface area contributed by atoms with Crippen LogP contribution in [0.4, 0.5) is 10.1 Å². The lowest BCUT2D eigenvalue weighted by molar-refractivity contribution is 0.605. The molecular formula is C22H30FIN4. The van der Waals surface area contributed by atoms with Crippen molar-refractivity contribution < 1.29 is 4.39 Å². The number of nitrogens with one attached hydrogen (secondary N) is 2. The maximum Gasteiger partial charge on any atom is 0.191 e. The molecule has 28 heavy (non-hydrogen) atoms. The van der Waals surface area contributed by atoms with Crippen molar-refractivity contribution in [1.29, 1.82) is 0 Å². The second-order valence-electron chi connectivity index (χ2n) is 7.00. The Bertz CT molecular complexity index is 775. The second-order valence-corrected chi connectivity index (χ2v) is 7.00. The van der Waals surface area contributed by atoms with Crippen molar-refractivity contribution in [3.8, 4) is 0 Å².